The van der Waals surface area contributed by atoms with Crippen molar-refractivity contribution in [3.05, 3.63) is 22.4 Å². The molecule has 3 nitrogen and oxygen atoms in total. The van der Waals surface area contributed by atoms with Crippen molar-refractivity contribution in [2.24, 2.45) is 0 Å². The average Bonchev–Trinajstić information content (AvgIpc) is 2.84. The molecule has 0 saturated carbocycles. The van der Waals surface area contributed by atoms with Crippen LogP contribution in [0.25, 0.3) is 0 Å². The molecular formula is C13H22N2OS. The van der Waals surface area contributed by atoms with E-state index in [9.17, 15) is 0 Å². The molecule has 0 aliphatic carbocycles. The zero-order valence-corrected chi connectivity index (χ0v) is 11.7. The van der Waals surface area contributed by atoms with Gasteiger partial charge in [-0.1, -0.05) is 6.07 Å². The van der Waals surface area contributed by atoms with Crippen molar-refractivity contribution in [1.82, 2.24) is 10.2 Å². The summed E-state index contributed by atoms with van der Waals surface area (Å²) in [5.74, 6) is 0. The third-order valence-corrected chi connectivity index (χ3v) is 4.34. The zero-order valence-electron chi connectivity index (χ0n) is 10.8. The van der Waals surface area contributed by atoms with Gasteiger partial charge in [0.25, 0.3) is 0 Å². The van der Waals surface area contributed by atoms with Crippen LogP contribution in [0.5, 0.6) is 0 Å². The molecule has 1 aromatic rings. The Hall–Kier alpha value is -0.420. The normalized spacial score (nSPS) is 24.1. The summed E-state index contributed by atoms with van der Waals surface area (Å²) in [6, 6.07) is 5.20. The summed E-state index contributed by atoms with van der Waals surface area (Å²) >= 11 is 1.80. The highest BCUT2D eigenvalue weighted by Gasteiger charge is 2.29. The second-order valence-electron chi connectivity index (χ2n) is 4.78. The Bertz CT molecular complexity index is 326. The van der Waals surface area contributed by atoms with Crippen LogP contribution in [0.2, 0.25) is 0 Å². The SMILES string of the molecule is CNC(c1cccs1)C1CN(C(C)C)CCO1. The largest absolute Gasteiger partial charge is 0.374 e. The lowest BCUT2D eigenvalue weighted by Crippen LogP contribution is -2.49. The smallest absolute Gasteiger partial charge is 0.0904 e. The van der Waals surface area contributed by atoms with Crippen molar-refractivity contribution in [1.29, 1.82) is 0 Å². The van der Waals surface area contributed by atoms with Crippen molar-refractivity contribution in [2.75, 3.05) is 26.7 Å². The number of morpholine rings is 1. The van der Waals surface area contributed by atoms with Crippen LogP contribution in [0.3, 0.4) is 0 Å². The molecule has 1 aliphatic rings. The van der Waals surface area contributed by atoms with Gasteiger partial charge in [-0.25, -0.2) is 0 Å². The van der Waals surface area contributed by atoms with Crippen LogP contribution in [0.15, 0.2) is 17.5 Å². The van der Waals surface area contributed by atoms with Gasteiger partial charge >= 0.3 is 0 Å². The Labute approximate surface area is 108 Å². The van der Waals surface area contributed by atoms with Gasteiger partial charge in [-0.15, -0.1) is 11.3 Å². The van der Waals surface area contributed by atoms with Gasteiger partial charge in [-0.3, -0.25) is 4.90 Å². The number of likely N-dealkylation sites (N-methyl/N-ethyl adjacent to an activating group) is 1. The Kier molecular flexibility index (Phi) is 4.56. The molecule has 1 N–H and O–H groups in total. The molecule has 2 atom stereocenters. The summed E-state index contributed by atoms with van der Waals surface area (Å²) in [7, 11) is 2.02. The summed E-state index contributed by atoms with van der Waals surface area (Å²) in [6.45, 7) is 7.41. The first-order valence-electron chi connectivity index (χ1n) is 6.28. The first-order valence-corrected chi connectivity index (χ1v) is 7.16. The third-order valence-electron chi connectivity index (χ3n) is 3.39. The van der Waals surface area contributed by atoms with Gasteiger partial charge in [-0.05, 0) is 32.3 Å². The minimum absolute atomic E-state index is 0.259. The molecule has 0 spiro atoms. The molecule has 1 fully saturated rings. The van der Waals surface area contributed by atoms with Gasteiger partial charge in [0, 0.05) is 24.0 Å². The topological polar surface area (TPSA) is 24.5 Å². The van der Waals surface area contributed by atoms with Crippen LogP contribution in [0.4, 0.5) is 0 Å². The number of ether oxygens (including phenoxy) is 1. The number of hydrogen-bond acceptors (Lipinski definition) is 4. The molecule has 0 bridgehead atoms. The van der Waals surface area contributed by atoms with Gasteiger partial charge in [0.15, 0.2) is 0 Å². The van der Waals surface area contributed by atoms with E-state index < -0.39 is 0 Å². The standard InChI is InChI=1S/C13H22N2OS/c1-10(2)15-6-7-16-11(9-15)13(14-3)12-5-4-8-17-12/h4-5,8,10-11,13-14H,6-7,9H2,1-3H3. The maximum Gasteiger partial charge on any atom is 0.0904 e. The van der Waals surface area contributed by atoms with Crippen LogP contribution in [0.1, 0.15) is 24.8 Å². The second-order valence-corrected chi connectivity index (χ2v) is 5.76. The number of nitrogens with one attached hydrogen (secondary N) is 1. The van der Waals surface area contributed by atoms with Gasteiger partial charge in [0.1, 0.15) is 0 Å². The summed E-state index contributed by atoms with van der Waals surface area (Å²) in [5.41, 5.74) is 0. The Morgan fingerprint density at radius 2 is 2.35 bits per heavy atom. The van der Waals surface area contributed by atoms with Gasteiger partial charge in [0.2, 0.25) is 0 Å². The van der Waals surface area contributed by atoms with Crippen LogP contribution < -0.4 is 5.32 Å². The molecule has 1 saturated heterocycles. The zero-order chi connectivity index (χ0) is 12.3. The van der Waals surface area contributed by atoms with Crippen LogP contribution in [-0.2, 0) is 4.74 Å². The highest BCUT2D eigenvalue weighted by atomic mass is 32.1. The van der Waals surface area contributed by atoms with Crippen LogP contribution in [-0.4, -0.2) is 43.8 Å². The highest BCUT2D eigenvalue weighted by molar-refractivity contribution is 7.10. The number of nitrogens with zero attached hydrogens (tertiary/aromatic N) is 1. The van der Waals surface area contributed by atoms with E-state index in [-0.39, 0.29) is 6.10 Å². The molecule has 0 amide bonds. The lowest BCUT2D eigenvalue weighted by Gasteiger charge is -2.38. The fourth-order valence-corrected chi connectivity index (χ4v) is 3.23. The summed E-state index contributed by atoms with van der Waals surface area (Å²) < 4.78 is 5.94. The Balaban J connectivity index is 2.04. The molecule has 2 unspecified atom stereocenters. The maximum atomic E-state index is 5.94. The monoisotopic (exact) mass is 254 g/mol. The highest BCUT2D eigenvalue weighted by Crippen LogP contribution is 2.26. The summed E-state index contributed by atoms with van der Waals surface area (Å²) in [5, 5.41) is 5.52. The van der Waals surface area contributed by atoms with E-state index in [0.717, 1.165) is 19.7 Å². The van der Waals surface area contributed by atoms with Crippen molar-refractivity contribution < 1.29 is 4.74 Å². The van der Waals surface area contributed by atoms with Crippen LogP contribution in [0, 0.1) is 0 Å². The third kappa shape index (κ3) is 3.07. The van der Waals surface area contributed by atoms with E-state index in [1.807, 2.05) is 7.05 Å². The number of thiophene rings is 1. The predicted octanol–water partition coefficient (Wildman–Crippen LogP) is 2.12. The minimum atomic E-state index is 0.259. The molecule has 96 valence electrons. The molecule has 1 aromatic heterocycles. The first-order chi connectivity index (χ1) is 8.22. The van der Waals surface area contributed by atoms with Crippen molar-refractivity contribution in [2.45, 2.75) is 32.0 Å². The van der Waals surface area contributed by atoms with E-state index in [1.165, 1.54) is 4.88 Å². The van der Waals surface area contributed by atoms with E-state index in [0.29, 0.717) is 12.1 Å². The van der Waals surface area contributed by atoms with Crippen molar-refractivity contribution in [3.63, 3.8) is 0 Å². The lowest BCUT2D eigenvalue weighted by atomic mass is 10.1. The van der Waals surface area contributed by atoms with E-state index in [4.69, 9.17) is 4.74 Å². The first kappa shape index (κ1) is 13.0. The Morgan fingerprint density at radius 3 is 2.94 bits per heavy atom. The molecule has 17 heavy (non-hydrogen) atoms. The molecule has 2 heterocycles. The summed E-state index contributed by atoms with van der Waals surface area (Å²) in [6.07, 6.45) is 0.259. The minimum Gasteiger partial charge on any atom is -0.374 e. The van der Waals surface area contributed by atoms with E-state index in [1.54, 1.807) is 11.3 Å². The van der Waals surface area contributed by atoms with Gasteiger partial charge < -0.3 is 10.1 Å². The summed E-state index contributed by atoms with van der Waals surface area (Å²) in [4.78, 5) is 3.86. The quantitative estimate of drug-likeness (QED) is 0.891. The number of hydrogen-bond donors (Lipinski definition) is 1. The van der Waals surface area contributed by atoms with E-state index >= 15 is 0 Å². The van der Waals surface area contributed by atoms with Crippen molar-refractivity contribution in [3.8, 4) is 0 Å². The molecule has 1 aliphatic heterocycles. The predicted molar refractivity (Wildman–Crippen MR) is 72.6 cm³/mol. The van der Waals surface area contributed by atoms with Crippen molar-refractivity contribution >= 4 is 11.3 Å². The molecule has 0 radical (unpaired) electrons. The maximum absolute atomic E-state index is 5.94. The van der Waals surface area contributed by atoms with Crippen LogP contribution >= 0.6 is 11.3 Å². The fraction of sp³-hybridized carbons (Fsp3) is 0.692. The molecule has 2 rings (SSSR count). The van der Waals surface area contributed by atoms with Gasteiger partial charge in [-0.2, -0.15) is 0 Å². The average molecular weight is 254 g/mol. The van der Waals surface area contributed by atoms with Gasteiger partial charge in [0.05, 0.1) is 18.8 Å². The Morgan fingerprint density at radius 1 is 1.53 bits per heavy atom. The second kappa shape index (κ2) is 5.96. The molecule has 0 aromatic carbocycles. The fourth-order valence-electron chi connectivity index (χ4n) is 2.35. The molecular weight excluding hydrogens is 232 g/mol. The number of rotatable bonds is 4. The molecule has 4 heteroatoms. The lowest BCUT2D eigenvalue weighted by molar-refractivity contribution is -0.0545. The van der Waals surface area contributed by atoms with E-state index in [2.05, 4.69) is 41.6 Å².